The minimum atomic E-state index is -0.234. The van der Waals surface area contributed by atoms with Crippen LogP contribution in [0.15, 0.2) is 18.2 Å². The van der Waals surface area contributed by atoms with Gasteiger partial charge < -0.3 is 5.32 Å². The lowest BCUT2D eigenvalue weighted by Crippen LogP contribution is -2.16. The topological polar surface area (TPSA) is 29.9 Å². The average Bonchev–Trinajstić information content (AvgIpc) is 2.65. The molecule has 1 aromatic heterocycles. The molecule has 19 heavy (non-hydrogen) atoms. The van der Waals surface area contributed by atoms with Crippen LogP contribution >= 0.6 is 11.6 Å². The number of hydrogen-bond donors (Lipinski definition) is 1. The lowest BCUT2D eigenvalue weighted by atomic mass is 10.1. The van der Waals surface area contributed by atoms with E-state index in [4.69, 9.17) is 11.6 Å². The predicted molar refractivity (Wildman–Crippen MR) is 75.4 cm³/mol. The largest absolute Gasteiger partial charge is 0.313 e. The fraction of sp³-hybridized carbons (Fsp3) is 0.357. The monoisotopic (exact) mass is 281 g/mol. The van der Waals surface area contributed by atoms with Crippen LogP contribution in [0.25, 0.3) is 5.69 Å². The van der Waals surface area contributed by atoms with E-state index in [2.05, 4.69) is 10.4 Å². The first-order valence-electron chi connectivity index (χ1n) is 6.26. The Morgan fingerprint density at radius 2 is 2.11 bits per heavy atom. The van der Waals surface area contributed by atoms with Crippen LogP contribution in [-0.4, -0.2) is 16.3 Å². The van der Waals surface area contributed by atoms with Crippen LogP contribution in [0.3, 0.4) is 0 Å². The predicted octanol–water partition coefficient (Wildman–Crippen LogP) is 3.39. The molecule has 0 radical (unpaired) electrons. The summed E-state index contributed by atoms with van der Waals surface area (Å²) in [5.74, 6) is -0.234. The SMILES string of the molecule is CCNCc1c(F)cccc1-n1nc(C)c(Cl)c1C. The quantitative estimate of drug-likeness (QED) is 0.931. The van der Waals surface area contributed by atoms with Crippen molar-refractivity contribution in [3.63, 3.8) is 0 Å². The Morgan fingerprint density at radius 1 is 1.37 bits per heavy atom. The Balaban J connectivity index is 2.55. The van der Waals surface area contributed by atoms with E-state index >= 15 is 0 Å². The molecule has 0 amide bonds. The first-order valence-corrected chi connectivity index (χ1v) is 6.64. The fourth-order valence-corrected chi connectivity index (χ4v) is 2.15. The van der Waals surface area contributed by atoms with E-state index in [1.165, 1.54) is 6.07 Å². The molecular weight excluding hydrogens is 265 g/mol. The molecule has 2 aromatic rings. The highest BCUT2D eigenvalue weighted by atomic mass is 35.5. The second-order valence-electron chi connectivity index (χ2n) is 4.41. The van der Waals surface area contributed by atoms with E-state index in [1.807, 2.05) is 26.8 Å². The van der Waals surface area contributed by atoms with Crippen molar-refractivity contribution < 1.29 is 4.39 Å². The highest BCUT2D eigenvalue weighted by molar-refractivity contribution is 6.31. The van der Waals surface area contributed by atoms with Crippen LogP contribution in [0.5, 0.6) is 0 Å². The zero-order valence-electron chi connectivity index (χ0n) is 11.3. The van der Waals surface area contributed by atoms with Gasteiger partial charge in [-0.2, -0.15) is 5.10 Å². The van der Waals surface area contributed by atoms with Gasteiger partial charge in [-0.15, -0.1) is 0 Å². The van der Waals surface area contributed by atoms with E-state index in [1.54, 1.807) is 10.7 Å². The Kier molecular flexibility index (Phi) is 4.22. The molecule has 0 unspecified atom stereocenters. The lowest BCUT2D eigenvalue weighted by Gasteiger charge is -2.12. The zero-order chi connectivity index (χ0) is 14.0. The summed E-state index contributed by atoms with van der Waals surface area (Å²) in [4.78, 5) is 0. The number of halogens is 2. The number of rotatable bonds is 4. The molecule has 0 saturated carbocycles. The maximum Gasteiger partial charge on any atom is 0.129 e. The van der Waals surface area contributed by atoms with Crippen molar-refractivity contribution in [3.05, 3.63) is 46.0 Å². The van der Waals surface area contributed by atoms with Gasteiger partial charge in [0.2, 0.25) is 0 Å². The second kappa shape index (κ2) is 5.72. The van der Waals surface area contributed by atoms with Crippen LogP contribution in [0.1, 0.15) is 23.9 Å². The van der Waals surface area contributed by atoms with Gasteiger partial charge in [-0.25, -0.2) is 9.07 Å². The third kappa shape index (κ3) is 2.65. The van der Waals surface area contributed by atoms with Crippen molar-refractivity contribution in [2.75, 3.05) is 6.54 Å². The minimum absolute atomic E-state index is 0.234. The van der Waals surface area contributed by atoms with Crippen LogP contribution in [0.2, 0.25) is 5.02 Å². The number of nitrogens with one attached hydrogen (secondary N) is 1. The fourth-order valence-electron chi connectivity index (χ4n) is 2.03. The number of nitrogens with zero attached hydrogens (tertiary/aromatic N) is 2. The van der Waals surface area contributed by atoms with Gasteiger partial charge >= 0.3 is 0 Å². The number of benzene rings is 1. The Bertz CT molecular complexity index is 593. The normalized spacial score (nSPS) is 11.0. The molecule has 0 saturated heterocycles. The molecule has 2 rings (SSSR count). The van der Waals surface area contributed by atoms with E-state index in [0.29, 0.717) is 17.1 Å². The highest BCUT2D eigenvalue weighted by Crippen LogP contribution is 2.25. The van der Waals surface area contributed by atoms with Crippen molar-refractivity contribution in [2.45, 2.75) is 27.3 Å². The molecule has 0 aliphatic rings. The highest BCUT2D eigenvalue weighted by Gasteiger charge is 2.15. The Labute approximate surface area is 117 Å². The van der Waals surface area contributed by atoms with Crippen LogP contribution < -0.4 is 5.32 Å². The Hall–Kier alpha value is -1.39. The molecule has 3 nitrogen and oxygen atoms in total. The molecule has 0 aliphatic heterocycles. The van der Waals surface area contributed by atoms with Gasteiger partial charge in [0.05, 0.1) is 22.1 Å². The summed E-state index contributed by atoms with van der Waals surface area (Å²) in [6.07, 6.45) is 0. The van der Waals surface area contributed by atoms with Crippen LogP contribution in [0, 0.1) is 19.7 Å². The van der Waals surface area contributed by atoms with E-state index in [0.717, 1.165) is 23.6 Å². The summed E-state index contributed by atoms with van der Waals surface area (Å²) in [5.41, 5.74) is 2.90. The summed E-state index contributed by atoms with van der Waals surface area (Å²) in [6.45, 7) is 6.96. The average molecular weight is 282 g/mol. The maximum absolute atomic E-state index is 14.0. The van der Waals surface area contributed by atoms with Crippen molar-refractivity contribution in [2.24, 2.45) is 0 Å². The minimum Gasteiger partial charge on any atom is -0.313 e. The molecule has 1 aromatic carbocycles. The van der Waals surface area contributed by atoms with Crippen molar-refractivity contribution >= 4 is 11.6 Å². The van der Waals surface area contributed by atoms with E-state index in [-0.39, 0.29) is 5.82 Å². The van der Waals surface area contributed by atoms with Gasteiger partial charge in [0, 0.05) is 12.1 Å². The van der Waals surface area contributed by atoms with Crippen molar-refractivity contribution in [1.82, 2.24) is 15.1 Å². The number of aryl methyl sites for hydroxylation is 1. The van der Waals surface area contributed by atoms with Crippen LogP contribution in [-0.2, 0) is 6.54 Å². The van der Waals surface area contributed by atoms with Crippen LogP contribution in [0.4, 0.5) is 4.39 Å². The van der Waals surface area contributed by atoms with Gasteiger partial charge in [0.15, 0.2) is 0 Å². The molecule has 0 bridgehead atoms. The molecule has 0 spiro atoms. The smallest absolute Gasteiger partial charge is 0.129 e. The van der Waals surface area contributed by atoms with Crippen molar-refractivity contribution in [1.29, 1.82) is 0 Å². The summed E-state index contributed by atoms with van der Waals surface area (Å²) >= 11 is 6.15. The standard InChI is InChI=1S/C14H17ClFN3/c1-4-17-8-11-12(16)6-5-7-13(11)19-10(3)14(15)9(2)18-19/h5-7,17H,4,8H2,1-3H3. The van der Waals surface area contributed by atoms with Crippen molar-refractivity contribution in [3.8, 4) is 5.69 Å². The first-order chi connectivity index (χ1) is 9.06. The van der Waals surface area contributed by atoms with Gasteiger partial charge in [0.1, 0.15) is 5.82 Å². The first kappa shape index (κ1) is 14.0. The third-order valence-electron chi connectivity index (χ3n) is 3.08. The molecule has 5 heteroatoms. The summed E-state index contributed by atoms with van der Waals surface area (Å²) in [7, 11) is 0. The molecule has 102 valence electrons. The Morgan fingerprint density at radius 3 is 2.68 bits per heavy atom. The van der Waals surface area contributed by atoms with Gasteiger partial charge in [-0.05, 0) is 32.5 Å². The van der Waals surface area contributed by atoms with Gasteiger partial charge in [-0.1, -0.05) is 24.6 Å². The third-order valence-corrected chi connectivity index (χ3v) is 3.62. The molecule has 0 fully saturated rings. The summed E-state index contributed by atoms with van der Waals surface area (Å²) < 4.78 is 15.7. The molecule has 0 atom stereocenters. The summed E-state index contributed by atoms with van der Waals surface area (Å²) in [6, 6.07) is 5.00. The second-order valence-corrected chi connectivity index (χ2v) is 4.79. The zero-order valence-corrected chi connectivity index (χ0v) is 12.1. The van der Waals surface area contributed by atoms with E-state index < -0.39 is 0 Å². The van der Waals surface area contributed by atoms with Gasteiger partial charge in [-0.3, -0.25) is 0 Å². The van der Waals surface area contributed by atoms with E-state index in [9.17, 15) is 4.39 Å². The number of aromatic nitrogens is 2. The molecule has 1 heterocycles. The molecule has 0 aliphatic carbocycles. The number of hydrogen-bond acceptors (Lipinski definition) is 2. The summed E-state index contributed by atoms with van der Waals surface area (Å²) in [5, 5.41) is 8.15. The molecular formula is C14H17ClFN3. The lowest BCUT2D eigenvalue weighted by molar-refractivity contribution is 0.588. The molecule has 1 N–H and O–H groups in total. The van der Waals surface area contributed by atoms with Gasteiger partial charge in [0.25, 0.3) is 0 Å². The maximum atomic E-state index is 14.0.